The molecule has 1 aliphatic heterocycles. The molecule has 0 spiro atoms. The highest BCUT2D eigenvalue weighted by Crippen LogP contribution is 2.20. The molecule has 0 aromatic carbocycles. The van der Waals surface area contributed by atoms with Crippen molar-refractivity contribution in [3.05, 3.63) is 23.5 Å². The molecule has 0 radical (unpaired) electrons. The average molecular weight is 324 g/mol. The second-order valence-corrected chi connectivity index (χ2v) is 5.76. The number of fused-ring (bicyclic) bond motifs is 1. The lowest BCUT2D eigenvalue weighted by molar-refractivity contribution is 0.0735. The lowest BCUT2D eigenvalue weighted by Crippen LogP contribution is -2.46. The van der Waals surface area contributed by atoms with E-state index < -0.39 is 0 Å². The molecule has 0 saturated carbocycles. The summed E-state index contributed by atoms with van der Waals surface area (Å²) in [4.78, 5) is 19.1. The minimum atomic E-state index is 0. The summed E-state index contributed by atoms with van der Waals surface area (Å²) in [6.45, 7) is 9.25. The van der Waals surface area contributed by atoms with Crippen LogP contribution < -0.4 is 5.32 Å². The monoisotopic (exact) mass is 323 g/mol. The van der Waals surface area contributed by atoms with E-state index in [0.717, 1.165) is 42.9 Å². The second kappa shape index (κ2) is 6.62. The zero-order valence-corrected chi connectivity index (χ0v) is 14.0. The third-order valence-electron chi connectivity index (χ3n) is 3.88. The maximum Gasteiger partial charge on any atom is 0.255 e. The Hall–Kier alpha value is -1.66. The van der Waals surface area contributed by atoms with Crippen LogP contribution in [0.3, 0.4) is 0 Å². The molecule has 6 nitrogen and oxygen atoms in total. The minimum Gasteiger partial charge on any atom is -0.336 e. The van der Waals surface area contributed by atoms with E-state index in [2.05, 4.69) is 29.2 Å². The van der Waals surface area contributed by atoms with Gasteiger partial charge in [-0.15, -0.1) is 12.4 Å². The lowest BCUT2D eigenvalue weighted by atomic mass is 10.1. The van der Waals surface area contributed by atoms with Gasteiger partial charge in [0.25, 0.3) is 5.91 Å². The number of halogens is 1. The molecule has 2 aromatic rings. The molecular formula is C15H22ClN5O. The van der Waals surface area contributed by atoms with Crippen LogP contribution in [0.15, 0.2) is 12.3 Å². The van der Waals surface area contributed by atoms with Gasteiger partial charge in [-0.25, -0.2) is 9.67 Å². The number of hydrogen-bond donors (Lipinski definition) is 1. The largest absolute Gasteiger partial charge is 0.336 e. The van der Waals surface area contributed by atoms with E-state index in [0.29, 0.717) is 5.56 Å². The molecule has 2 aromatic heterocycles. The van der Waals surface area contributed by atoms with Gasteiger partial charge >= 0.3 is 0 Å². The number of amides is 1. The molecule has 3 rings (SSSR count). The number of aryl methyl sites for hydroxylation is 1. The number of piperazine rings is 1. The van der Waals surface area contributed by atoms with Crippen LogP contribution in [0.4, 0.5) is 0 Å². The van der Waals surface area contributed by atoms with Crippen molar-refractivity contribution >= 4 is 29.3 Å². The van der Waals surface area contributed by atoms with Crippen molar-refractivity contribution in [2.24, 2.45) is 0 Å². The molecule has 1 saturated heterocycles. The molecule has 1 amide bonds. The number of pyridine rings is 1. The van der Waals surface area contributed by atoms with Crippen LogP contribution in [0.2, 0.25) is 0 Å². The topological polar surface area (TPSA) is 63.1 Å². The Labute approximate surface area is 136 Å². The minimum absolute atomic E-state index is 0. The fraction of sp³-hybridized carbons (Fsp3) is 0.533. The van der Waals surface area contributed by atoms with Gasteiger partial charge in [-0.05, 0) is 26.8 Å². The van der Waals surface area contributed by atoms with Gasteiger partial charge in [0, 0.05) is 37.6 Å². The van der Waals surface area contributed by atoms with Crippen LogP contribution in [0.5, 0.6) is 0 Å². The van der Waals surface area contributed by atoms with Crippen LogP contribution in [0.25, 0.3) is 11.0 Å². The van der Waals surface area contributed by atoms with Gasteiger partial charge in [-0.2, -0.15) is 5.10 Å². The first-order valence-electron chi connectivity index (χ1n) is 7.43. The van der Waals surface area contributed by atoms with E-state index in [1.54, 1.807) is 6.20 Å². The number of nitrogens with zero attached hydrogens (tertiary/aromatic N) is 4. The van der Waals surface area contributed by atoms with Gasteiger partial charge in [0.2, 0.25) is 0 Å². The molecule has 7 heteroatoms. The lowest BCUT2D eigenvalue weighted by Gasteiger charge is -2.27. The molecule has 3 heterocycles. The van der Waals surface area contributed by atoms with Gasteiger partial charge < -0.3 is 10.2 Å². The smallest absolute Gasteiger partial charge is 0.255 e. The Morgan fingerprint density at radius 3 is 2.64 bits per heavy atom. The van der Waals surface area contributed by atoms with Crippen LogP contribution in [0.1, 0.15) is 35.9 Å². The molecular weight excluding hydrogens is 302 g/mol. The van der Waals surface area contributed by atoms with Gasteiger partial charge in [-0.3, -0.25) is 4.79 Å². The van der Waals surface area contributed by atoms with E-state index >= 15 is 0 Å². The quantitative estimate of drug-likeness (QED) is 0.915. The molecule has 1 fully saturated rings. The van der Waals surface area contributed by atoms with Crippen LogP contribution >= 0.6 is 12.4 Å². The SMILES string of the molecule is Cc1nc2c(cnn2C(C)C)cc1C(=O)N1CCNCC1.Cl. The summed E-state index contributed by atoms with van der Waals surface area (Å²) in [6, 6.07) is 2.18. The highest BCUT2D eigenvalue weighted by molar-refractivity contribution is 5.98. The summed E-state index contributed by atoms with van der Waals surface area (Å²) in [5, 5.41) is 8.55. The summed E-state index contributed by atoms with van der Waals surface area (Å²) in [5.74, 6) is 0.0701. The number of rotatable bonds is 2. The van der Waals surface area contributed by atoms with E-state index in [1.807, 2.05) is 22.6 Å². The van der Waals surface area contributed by atoms with Crippen LogP contribution in [0, 0.1) is 6.92 Å². The summed E-state index contributed by atoms with van der Waals surface area (Å²) < 4.78 is 1.89. The van der Waals surface area contributed by atoms with Crippen molar-refractivity contribution in [2.75, 3.05) is 26.2 Å². The predicted octanol–water partition coefficient (Wildman–Crippen LogP) is 1.79. The van der Waals surface area contributed by atoms with E-state index in [1.165, 1.54) is 0 Å². The number of nitrogens with one attached hydrogen (secondary N) is 1. The van der Waals surface area contributed by atoms with Crippen LogP contribution in [-0.2, 0) is 0 Å². The number of hydrogen-bond acceptors (Lipinski definition) is 4. The average Bonchev–Trinajstić information content (AvgIpc) is 2.89. The maximum absolute atomic E-state index is 12.6. The second-order valence-electron chi connectivity index (χ2n) is 5.76. The zero-order valence-electron chi connectivity index (χ0n) is 13.2. The molecule has 22 heavy (non-hydrogen) atoms. The van der Waals surface area contributed by atoms with E-state index in [-0.39, 0.29) is 24.4 Å². The molecule has 0 unspecified atom stereocenters. The first kappa shape index (κ1) is 16.7. The number of carbonyl (C=O) groups is 1. The standard InChI is InChI=1S/C15H21N5O.ClH/c1-10(2)20-14-12(9-17-20)8-13(11(3)18-14)15(21)19-6-4-16-5-7-19;/h8-10,16H,4-7H2,1-3H3;1H. The predicted molar refractivity (Wildman–Crippen MR) is 88.7 cm³/mol. The van der Waals surface area contributed by atoms with Crippen molar-refractivity contribution < 1.29 is 4.79 Å². The molecule has 1 aliphatic rings. The maximum atomic E-state index is 12.6. The van der Waals surface area contributed by atoms with Gasteiger partial charge in [0.15, 0.2) is 5.65 Å². The Morgan fingerprint density at radius 2 is 2.00 bits per heavy atom. The van der Waals surface area contributed by atoms with Crippen molar-refractivity contribution in [2.45, 2.75) is 26.8 Å². The fourth-order valence-electron chi connectivity index (χ4n) is 2.70. The summed E-state index contributed by atoms with van der Waals surface area (Å²) >= 11 is 0. The third-order valence-corrected chi connectivity index (χ3v) is 3.88. The molecule has 0 bridgehead atoms. The Morgan fingerprint density at radius 1 is 1.32 bits per heavy atom. The van der Waals surface area contributed by atoms with E-state index in [4.69, 9.17) is 0 Å². The zero-order chi connectivity index (χ0) is 15.0. The Kier molecular flexibility index (Phi) is 5.03. The van der Waals surface area contributed by atoms with Gasteiger partial charge in [-0.1, -0.05) is 0 Å². The highest BCUT2D eigenvalue weighted by Gasteiger charge is 2.21. The van der Waals surface area contributed by atoms with Crippen LogP contribution in [-0.4, -0.2) is 51.8 Å². The first-order valence-corrected chi connectivity index (χ1v) is 7.43. The highest BCUT2D eigenvalue weighted by atomic mass is 35.5. The number of aromatic nitrogens is 3. The molecule has 0 aliphatic carbocycles. The summed E-state index contributed by atoms with van der Waals surface area (Å²) in [6.07, 6.45) is 1.79. The third kappa shape index (κ3) is 2.94. The fourth-order valence-corrected chi connectivity index (χ4v) is 2.70. The van der Waals surface area contributed by atoms with Crippen molar-refractivity contribution in [3.8, 4) is 0 Å². The molecule has 1 N–H and O–H groups in total. The van der Waals surface area contributed by atoms with Crippen molar-refractivity contribution in [1.82, 2.24) is 25.0 Å². The first-order chi connectivity index (χ1) is 10.1. The van der Waals surface area contributed by atoms with E-state index in [9.17, 15) is 4.79 Å². The van der Waals surface area contributed by atoms with Crippen molar-refractivity contribution in [1.29, 1.82) is 0 Å². The summed E-state index contributed by atoms with van der Waals surface area (Å²) in [7, 11) is 0. The van der Waals surface area contributed by atoms with Crippen molar-refractivity contribution in [3.63, 3.8) is 0 Å². The van der Waals surface area contributed by atoms with Gasteiger partial charge in [0.05, 0.1) is 17.5 Å². The normalized spacial score (nSPS) is 15.2. The Balaban J connectivity index is 0.00000176. The number of carbonyl (C=O) groups excluding carboxylic acids is 1. The molecule has 0 atom stereocenters. The Bertz CT molecular complexity index is 676. The van der Waals surface area contributed by atoms with Gasteiger partial charge in [0.1, 0.15) is 0 Å². The summed E-state index contributed by atoms with van der Waals surface area (Å²) in [5.41, 5.74) is 2.31. The molecule has 120 valence electrons.